The number of benzene rings is 1. The van der Waals surface area contributed by atoms with Crippen LogP contribution in [-0.4, -0.2) is 56.9 Å². The summed E-state index contributed by atoms with van der Waals surface area (Å²) in [7, 11) is -1.10. The maximum atomic E-state index is 12.7. The Kier molecular flexibility index (Phi) is 6.04. The number of hydrogen-bond donors (Lipinski definition) is 0. The first kappa shape index (κ1) is 17.8. The molecule has 0 N–H and O–H groups in total. The molecule has 1 saturated heterocycles. The molecule has 1 aromatic carbocycles. The Bertz CT molecular complexity index is 616. The molecular weight excluding hydrogens is 312 g/mol. The number of unbranched alkanes of at least 4 members (excludes halogenated alkanes) is 1. The summed E-state index contributed by atoms with van der Waals surface area (Å²) in [5, 5.41) is 0. The Balaban J connectivity index is 2.04. The second-order valence-electron chi connectivity index (χ2n) is 6.19. The summed E-state index contributed by atoms with van der Waals surface area (Å²) in [6, 6.07) is 9.58. The largest absolute Gasteiger partial charge is 0.365 e. The number of hydrogen-bond acceptors (Lipinski definition) is 4. The molecule has 1 heterocycles. The van der Waals surface area contributed by atoms with E-state index in [1.54, 1.807) is 4.90 Å². The first-order chi connectivity index (χ1) is 10.9. The van der Waals surface area contributed by atoms with Crippen molar-refractivity contribution >= 4 is 21.4 Å². The number of likely N-dealkylation sites (N-methyl/N-ethyl adjacent to an activating group) is 1. The van der Waals surface area contributed by atoms with Crippen LogP contribution in [0.1, 0.15) is 26.2 Å². The quantitative estimate of drug-likeness (QED) is 0.762. The SMILES string of the molecule is CCCCN(C(=O)CN(C)c1ccccc1)C1CCS(=O)(=O)C1. The van der Waals surface area contributed by atoms with Crippen LogP contribution in [0.5, 0.6) is 0 Å². The molecule has 6 heteroatoms. The molecule has 5 nitrogen and oxygen atoms in total. The molecule has 2 rings (SSSR count). The third-order valence-corrected chi connectivity index (χ3v) is 6.04. The lowest BCUT2D eigenvalue weighted by molar-refractivity contribution is -0.131. The van der Waals surface area contributed by atoms with Gasteiger partial charge < -0.3 is 9.80 Å². The van der Waals surface area contributed by atoms with Crippen LogP contribution in [0.2, 0.25) is 0 Å². The van der Waals surface area contributed by atoms with Gasteiger partial charge in [-0.15, -0.1) is 0 Å². The van der Waals surface area contributed by atoms with Gasteiger partial charge in [-0.1, -0.05) is 31.5 Å². The van der Waals surface area contributed by atoms with E-state index in [9.17, 15) is 13.2 Å². The van der Waals surface area contributed by atoms with Crippen LogP contribution in [0.25, 0.3) is 0 Å². The molecule has 1 fully saturated rings. The van der Waals surface area contributed by atoms with Crippen molar-refractivity contribution in [2.75, 3.05) is 36.5 Å². The Hall–Kier alpha value is -1.56. The second-order valence-corrected chi connectivity index (χ2v) is 8.42. The van der Waals surface area contributed by atoms with Gasteiger partial charge >= 0.3 is 0 Å². The highest BCUT2D eigenvalue weighted by Gasteiger charge is 2.34. The number of carbonyl (C=O) groups excluding carboxylic acids is 1. The van der Waals surface area contributed by atoms with Gasteiger partial charge in [0.2, 0.25) is 5.91 Å². The molecule has 1 amide bonds. The first-order valence-corrected chi connectivity index (χ1v) is 10.0. The minimum Gasteiger partial charge on any atom is -0.365 e. The van der Waals surface area contributed by atoms with E-state index in [0.29, 0.717) is 13.0 Å². The maximum absolute atomic E-state index is 12.7. The molecule has 0 aliphatic carbocycles. The van der Waals surface area contributed by atoms with Gasteiger partial charge in [0, 0.05) is 25.3 Å². The maximum Gasteiger partial charge on any atom is 0.242 e. The number of carbonyl (C=O) groups is 1. The van der Waals surface area contributed by atoms with E-state index in [2.05, 4.69) is 6.92 Å². The smallest absolute Gasteiger partial charge is 0.242 e. The fourth-order valence-corrected chi connectivity index (χ4v) is 4.66. The Labute approximate surface area is 139 Å². The van der Waals surface area contributed by atoms with Crippen LogP contribution < -0.4 is 4.90 Å². The third kappa shape index (κ3) is 4.96. The van der Waals surface area contributed by atoms with E-state index in [4.69, 9.17) is 0 Å². The van der Waals surface area contributed by atoms with E-state index < -0.39 is 9.84 Å². The van der Waals surface area contributed by atoms with Crippen molar-refractivity contribution in [3.8, 4) is 0 Å². The molecule has 23 heavy (non-hydrogen) atoms. The highest BCUT2D eigenvalue weighted by atomic mass is 32.2. The zero-order valence-electron chi connectivity index (χ0n) is 13.9. The first-order valence-electron chi connectivity index (χ1n) is 8.19. The van der Waals surface area contributed by atoms with Crippen molar-refractivity contribution in [3.63, 3.8) is 0 Å². The highest BCUT2D eigenvalue weighted by Crippen LogP contribution is 2.19. The van der Waals surface area contributed by atoms with Crippen molar-refractivity contribution in [1.29, 1.82) is 0 Å². The number of para-hydroxylation sites is 1. The zero-order valence-corrected chi connectivity index (χ0v) is 14.8. The van der Waals surface area contributed by atoms with Crippen molar-refractivity contribution in [1.82, 2.24) is 4.90 Å². The number of sulfone groups is 1. The Morgan fingerprint density at radius 1 is 1.26 bits per heavy atom. The van der Waals surface area contributed by atoms with Gasteiger partial charge in [0.25, 0.3) is 0 Å². The number of amides is 1. The van der Waals surface area contributed by atoms with Crippen molar-refractivity contribution in [2.24, 2.45) is 0 Å². The van der Waals surface area contributed by atoms with Crippen molar-refractivity contribution in [3.05, 3.63) is 30.3 Å². The highest BCUT2D eigenvalue weighted by molar-refractivity contribution is 7.91. The lowest BCUT2D eigenvalue weighted by Crippen LogP contribution is -2.46. The molecule has 128 valence electrons. The second kappa shape index (κ2) is 7.81. The molecule has 1 aliphatic heterocycles. The van der Waals surface area contributed by atoms with Crippen molar-refractivity contribution in [2.45, 2.75) is 32.2 Å². The van der Waals surface area contributed by atoms with Gasteiger partial charge in [0.15, 0.2) is 9.84 Å². The van der Waals surface area contributed by atoms with Crippen LogP contribution in [0.15, 0.2) is 30.3 Å². The number of rotatable bonds is 7. The van der Waals surface area contributed by atoms with Crippen molar-refractivity contribution < 1.29 is 13.2 Å². The van der Waals surface area contributed by atoms with Gasteiger partial charge in [-0.3, -0.25) is 4.79 Å². The summed E-state index contributed by atoms with van der Waals surface area (Å²) in [5.74, 6) is 0.312. The average Bonchev–Trinajstić information content (AvgIpc) is 2.88. The molecule has 1 aromatic rings. The average molecular weight is 338 g/mol. The molecular formula is C17H26N2O3S. The van der Waals surface area contributed by atoms with Crippen LogP contribution in [-0.2, 0) is 14.6 Å². The predicted molar refractivity (Wildman–Crippen MR) is 93.4 cm³/mol. The monoisotopic (exact) mass is 338 g/mol. The van der Waals surface area contributed by atoms with Gasteiger partial charge in [-0.25, -0.2) is 8.42 Å². The molecule has 1 atom stereocenters. The van der Waals surface area contributed by atoms with Crippen LogP contribution in [0.3, 0.4) is 0 Å². The molecule has 0 aromatic heterocycles. The molecule has 0 spiro atoms. The van der Waals surface area contributed by atoms with E-state index in [0.717, 1.165) is 18.5 Å². The van der Waals surface area contributed by atoms with E-state index >= 15 is 0 Å². The summed E-state index contributed by atoms with van der Waals surface area (Å²) in [6.45, 7) is 2.98. The summed E-state index contributed by atoms with van der Waals surface area (Å²) < 4.78 is 23.5. The lowest BCUT2D eigenvalue weighted by Gasteiger charge is -2.30. The topological polar surface area (TPSA) is 57.7 Å². The Morgan fingerprint density at radius 2 is 1.96 bits per heavy atom. The van der Waals surface area contributed by atoms with Gasteiger partial charge in [-0.2, -0.15) is 0 Å². The fourth-order valence-electron chi connectivity index (χ4n) is 2.93. The summed E-state index contributed by atoms with van der Waals surface area (Å²) >= 11 is 0. The summed E-state index contributed by atoms with van der Waals surface area (Å²) in [6.07, 6.45) is 2.45. The third-order valence-electron chi connectivity index (χ3n) is 4.29. The number of nitrogens with zero attached hydrogens (tertiary/aromatic N) is 2. The molecule has 1 aliphatic rings. The summed E-state index contributed by atoms with van der Waals surface area (Å²) in [4.78, 5) is 16.4. The summed E-state index contributed by atoms with van der Waals surface area (Å²) in [5.41, 5.74) is 0.982. The fraction of sp³-hybridized carbons (Fsp3) is 0.588. The normalized spacial score (nSPS) is 19.5. The number of anilines is 1. The van der Waals surface area contributed by atoms with Crippen LogP contribution in [0.4, 0.5) is 5.69 Å². The zero-order chi connectivity index (χ0) is 16.9. The molecule has 0 bridgehead atoms. The molecule has 0 saturated carbocycles. The minimum absolute atomic E-state index is 0.00639. The van der Waals surface area contributed by atoms with E-state index in [1.165, 1.54) is 0 Å². The van der Waals surface area contributed by atoms with Crippen LogP contribution >= 0.6 is 0 Å². The molecule has 0 radical (unpaired) electrons. The Morgan fingerprint density at radius 3 is 2.52 bits per heavy atom. The van der Waals surface area contributed by atoms with E-state index in [1.807, 2.05) is 42.3 Å². The van der Waals surface area contributed by atoms with Gasteiger partial charge in [0.05, 0.1) is 18.1 Å². The lowest BCUT2D eigenvalue weighted by atomic mass is 10.2. The van der Waals surface area contributed by atoms with E-state index in [-0.39, 0.29) is 30.0 Å². The van der Waals surface area contributed by atoms with Gasteiger partial charge in [-0.05, 0) is 25.0 Å². The predicted octanol–water partition coefficient (Wildman–Crippen LogP) is 1.94. The minimum atomic E-state index is -2.99. The van der Waals surface area contributed by atoms with Gasteiger partial charge in [0.1, 0.15) is 0 Å². The molecule has 1 unspecified atom stereocenters. The van der Waals surface area contributed by atoms with Crippen LogP contribution in [0, 0.1) is 0 Å². The standard InChI is InChI=1S/C17H26N2O3S/c1-3-4-11-19(16-10-12-23(21,22)14-16)17(20)13-18(2)15-8-6-5-7-9-15/h5-9,16H,3-4,10-14H2,1-2H3.